The summed E-state index contributed by atoms with van der Waals surface area (Å²) < 4.78 is 44.0. The van der Waals surface area contributed by atoms with Crippen LogP contribution in [-0.4, -0.2) is 28.5 Å². The fourth-order valence-corrected chi connectivity index (χ4v) is 3.04. The number of hydrogen-bond acceptors (Lipinski definition) is 7. The van der Waals surface area contributed by atoms with E-state index in [4.69, 9.17) is 13.9 Å². The van der Waals surface area contributed by atoms with Crippen LogP contribution < -0.4 is 14.8 Å². The van der Waals surface area contributed by atoms with Gasteiger partial charge >= 0.3 is 0 Å². The van der Waals surface area contributed by atoms with Gasteiger partial charge in [0.25, 0.3) is 11.1 Å². The van der Waals surface area contributed by atoms with Crippen molar-refractivity contribution in [1.29, 1.82) is 0 Å². The number of benzene rings is 2. The fourth-order valence-electron chi connectivity index (χ4n) is 2.47. The molecule has 144 valence electrons. The third-order valence-electron chi connectivity index (χ3n) is 3.76. The van der Waals surface area contributed by atoms with E-state index in [1.54, 1.807) is 12.1 Å². The molecule has 0 saturated carbocycles. The van der Waals surface area contributed by atoms with Crippen LogP contribution in [0, 0.1) is 11.6 Å². The Morgan fingerprint density at radius 1 is 1.11 bits per heavy atom. The van der Waals surface area contributed by atoms with Crippen molar-refractivity contribution in [2.45, 2.75) is 11.3 Å². The molecule has 2 aromatic carbocycles. The van der Waals surface area contributed by atoms with Crippen molar-refractivity contribution in [2.75, 3.05) is 17.7 Å². The molecular formula is C18H13F2N3O4S. The highest BCUT2D eigenvalue weighted by molar-refractivity contribution is 7.99. The van der Waals surface area contributed by atoms with Gasteiger partial charge in [0, 0.05) is 0 Å². The maximum absolute atomic E-state index is 13.6. The van der Waals surface area contributed by atoms with Gasteiger partial charge in [-0.1, -0.05) is 30.0 Å². The summed E-state index contributed by atoms with van der Waals surface area (Å²) in [4.78, 5) is 11.9. The number of nitrogens with one attached hydrogen (secondary N) is 1. The van der Waals surface area contributed by atoms with Crippen LogP contribution in [-0.2, 0) is 4.79 Å². The van der Waals surface area contributed by atoms with E-state index in [1.165, 1.54) is 6.07 Å². The zero-order valence-electron chi connectivity index (χ0n) is 14.2. The number of hydrogen-bond donors (Lipinski definition) is 1. The van der Waals surface area contributed by atoms with Crippen LogP contribution in [0.4, 0.5) is 14.5 Å². The maximum Gasteiger partial charge on any atom is 0.277 e. The van der Waals surface area contributed by atoms with Crippen LogP contribution in [0.25, 0.3) is 0 Å². The van der Waals surface area contributed by atoms with Crippen molar-refractivity contribution in [3.63, 3.8) is 0 Å². The molecule has 3 aromatic rings. The molecule has 7 nitrogen and oxygen atoms in total. The van der Waals surface area contributed by atoms with Crippen LogP contribution in [0.5, 0.6) is 11.5 Å². The predicted molar refractivity (Wildman–Crippen MR) is 95.3 cm³/mol. The molecule has 1 aliphatic heterocycles. The summed E-state index contributed by atoms with van der Waals surface area (Å²) in [6.07, 6.45) is -0.571. The number of amides is 1. The Hall–Kier alpha value is -3.14. The average Bonchev–Trinajstić information content (AvgIpc) is 3.18. The van der Waals surface area contributed by atoms with E-state index in [1.807, 2.05) is 12.1 Å². The number of halogens is 2. The fraction of sp³-hybridized carbons (Fsp3) is 0.167. The second-order valence-electron chi connectivity index (χ2n) is 5.70. The Bertz CT molecular complexity index is 994. The van der Waals surface area contributed by atoms with Crippen molar-refractivity contribution < 1.29 is 27.5 Å². The van der Waals surface area contributed by atoms with Gasteiger partial charge in [0.2, 0.25) is 12.0 Å². The lowest BCUT2D eigenvalue weighted by Gasteiger charge is -2.23. The van der Waals surface area contributed by atoms with Crippen molar-refractivity contribution in [3.05, 3.63) is 60.0 Å². The molecule has 0 radical (unpaired) electrons. The Morgan fingerprint density at radius 2 is 1.86 bits per heavy atom. The lowest BCUT2D eigenvalue weighted by Crippen LogP contribution is -2.21. The van der Waals surface area contributed by atoms with E-state index in [9.17, 15) is 13.6 Å². The van der Waals surface area contributed by atoms with E-state index in [-0.39, 0.29) is 23.5 Å². The van der Waals surface area contributed by atoms with Gasteiger partial charge < -0.3 is 19.2 Å². The van der Waals surface area contributed by atoms with Crippen LogP contribution in [0.2, 0.25) is 0 Å². The minimum atomic E-state index is -0.854. The maximum atomic E-state index is 13.6. The van der Waals surface area contributed by atoms with Crippen molar-refractivity contribution in [3.8, 4) is 11.5 Å². The summed E-state index contributed by atoms with van der Waals surface area (Å²) in [5.41, 5.74) is -0.495. The number of carbonyl (C=O) groups is 1. The van der Waals surface area contributed by atoms with Gasteiger partial charge in [-0.05, 0) is 24.3 Å². The number of thioether (sulfide) groups is 1. The molecule has 2 heterocycles. The monoisotopic (exact) mass is 405 g/mol. The standard InChI is InChI=1S/C18H13F2N3O4S/c19-10-4-3-5-11(20)16(10)21-15(24)9-28-18-23-22-17(27-18)14-8-25-12-6-1-2-7-13(12)26-14/h1-7,14H,8-9H2,(H,21,24)/t14-/m1/s1. The Kier molecular flexibility index (Phi) is 5.11. The van der Waals surface area contributed by atoms with Crippen LogP contribution >= 0.6 is 11.8 Å². The highest BCUT2D eigenvalue weighted by Gasteiger charge is 2.27. The lowest BCUT2D eigenvalue weighted by molar-refractivity contribution is -0.113. The Morgan fingerprint density at radius 3 is 2.64 bits per heavy atom. The summed E-state index contributed by atoms with van der Waals surface area (Å²) in [5, 5.41) is 10.1. The molecular weight excluding hydrogens is 392 g/mol. The molecule has 1 aliphatic rings. The molecule has 4 rings (SSSR count). The number of anilines is 1. The highest BCUT2D eigenvalue weighted by atomic mass is 32.2. The average molecular weight is 405 g/mol. The summed E-state index contributed by atoms with van der Waals surface area (Å²) in [5.74, 6) is -1.08. The molecule has 1 N–H and O–H groups in total. The van der Waals surface area contributed by atoms with Crippen LogP contribution in [0.15, 0.2) is 52.1 Å². The smallest absolute Gasteiger partial charge is 0.277 e. The van der Waals surface area contributed by atoms with Crippen molar-refractivity contribution in [2.24, 2.45) is 0 Å². The van der Waals surface area contributed by atoms with Crippen molar-refractivity contribution >= 4 is 23.4 Å². The normalized spacial score (nSPS) is 15.3. The summed E-state index contributed by atoms with van der Waals surface area (Å²) in [6, 6.07) is 10.5. The minimum absolute atomic E-state index is 0.126. The molecule has 1 amide bonds. The molecule has 0 unspecified atom stereocenters. The molecule has 0 aliphatic carbocycles. The second kappa shape index (κ2) is 7.85. The number of rotatable bonds is 5. The van der Waals surface area contributed by atoms with Gasteiger partial charge in [-0.25, -0.2) is 8.78 Å². The molecule has 1 aromatic heterocycles. The molecule has 10 heteroatoms. The number of fused-ring (bicyclic) bond motifs is 1. The Balaban J connectivity index is 1.35. The SMILES string of the molecule is O=C(CSc1nnc([C@H]2COc3ccccc3O2)o1)Nc1c(F)cccc1F. The second-order valence-corrected chi connectivity index (χ2v) is 6.63. The lowest BCUT2D eigenvalue weighted by atomic mass is 10.2. The topological polar surface area (TPSA) is 86.5 Å². The first kappa shape index (κ1) is 18.2. The zero-order valence-corrected chi connectivity index (χ0v) is 15.0. The van der Waals surface area contributed by atoms with E-state index in [0.717, 1.165) is 23.9 Å². The highest BCUT2D eigenvalue weighted by Crippen LogP contribution is 2.35. The predicted octanol–water partition coefficient (Wildman–Crippen LogP) is 3.59. The molecule has 28 heavy (non-hydrogen) atoms. The largest absolute Gasteiger partial charge is 0.485 e. The van der Waals surface area contributed by atoms with E-state index in [0.29, 0.717) is 11.5 Å². The van der Waals surface area contributed by atoms with Crippen LogP contribution in [0.1, 0.15) is 12.0 Å². The van der Waals surface area contributed by atoms with E-state index < -0.39 is 29.3 Å². The molecule has 1 atom stereocenters. The number of carbonyl (C=O) groups excluding carboxylic acids is 1. The van der Waals surface area contributed by atoms with Gasteiger partial charge in [0.15, 0.2) is 11.5 Å². The first-order valence-corrected chi connectivity index (χ1v) is 9.17. The van der Waals surface area contributed by atoms with Crippen LogP contribution in [0.3, 0.4) is 0 Å². The van der Waals surface area contributed by atoms with E-state index >= 15 is 0 Å². The molecule has 0 saturated heterocycles. The van der Waals surface area contributed by atoms with Gasteiger partial charge in [-0.2, -0.15) is 0 Å². The number of aromatic nitrogens is 2. The van der Waals surface area contributed by atoms with Gasteiger partial charge in [-0.3, -0.25) is 4.79 Å². The van der Waals surface area contributed by atoms with Crippen molar-refractivity contribution in [1.82, 2.24) is 10.2 Å². The Labute approximate surface area is 162 Å². The first-order chi connectivity index (χ1) is 13.6. The summed E-state index contributed by atoms with van der Waals surface area (Å²) >= 11 is 0.936. The summed E-state index contributed by atoms with van der Waals surface area (Å²) in [7, 11) is 0. The van der Waals surface area contributed by atoms with Gasteiger partial charge in [0.05, 0.1) is 5.75 Å². The number of para-hydroxylation sites is 3. The quantitative estimate of drug-likeness (QED) is 0.649. The molecule has 0 fully saturated rings. The zero-order chi connectivity index (χ0) is 19.5. The number of ether oxygens (including phenoxy) is 2. The van der Waals surface area contributed by atoms with Gasteiger partial charge in [0.1, 0.15) is 23.9 Å². The third kappa shape index (κ3) is 3.91. The number of nitrogens with zero attached hydrogens (tertiary/aromatic N) is 2. The van der Waals surface area contributed by atoms with E-state index in [2.05, 4.69) is 15.5 Å². The summed E-state index contributed by atoms with van der Waals surface area (Å²) in [6.45, 7) is 0.205. The molecule has 0 spiro atoms. The van der Waals surface area contributed by atoms with Gasteiger partial charge in [-0.15, -0.1) is 10.2 Å². The minimum Gasteiger partial charge on any atom is -0.485 e. The third-order valence-corrected chi connectivity index (χ3v) is 4.58. The molecule has 0 bridgehead atoms. The first-order valence-electron chi connectivity index (χ1n) is 8.18.